The second-order valence-electron chi connectivity index (χ2n) is 4.50. The van der Waals surface area contributed by atoms with E-state index in [9.17, 15) is 4.39 Å². The van der Waals surface area contributed by atoms with Crippen LogP contribution in [0.1, 0.15) is 23.6 Å². The highest BCUT2D eigenvalue weighted by Crippen LogP contribution is 2.23. The van der Waals surface area contributed by atoms with Gasteiger partial charge in [0, 0.05) is 6.04 Å². The van der Waals surface area contributed by atoms with Crippen molar-refractivity contribution in [3.8, 4) is 0 Å². The number of hydrogen-bond acceptors (Lipinski definition) is 1. The first kappa shape index (κ1) is 14.2. The lowest BCUT2D eigenvalue weighted by atomic mass is 9.99. The first-order valence-electron chi connectivity index (χ1n) is 6.37. The SMILES string of the molecule is CNC(CCc1cccc(Br)c1F)c1ccccc1. The predicted octanol–water partition coefficient (Wildman–Crippen LogP) is 4.48. The fourth-order valence-corrected chi connectivity index (χ4v) is 2.61. The first-order valence-corrected chi connectivity index (χ1v) is 7.16. The maximum atomic E-state index is 13.9. The molecule has 2 aromatic rings. The van der Waals surface area contributed by atoms with E-state index in [-0.39, 0.29) is 11.9 Å². The monoisotopic (exact) mass is 321 g/mol. The fourth-order valence-electron chi connectivity index (χ4n) is 2.20. The van der Waals surface area contributed by atoms with Crippen LogP contribution in [0.4, 0.5) is 4.39 Å². The molecule has 1 unspecified atom stereocenters. The molecule has 1 N–H and O–H groups in total. The normalized spacial score (nSPS) is 12.4. The van der Waals surface area contributed by atoms with Gasteiger partial charge in [0.05, 0.1) is 4.47 Å². The van der Waals surface area contributed by atoms with Crippen molar-refractivity contribution < 1.29 is 4.39 Å². The van der Waals surface area contributed by atoms with Crippen LogP contribution in [-0.4, -0.2) is 7.05 Å². The molecule has 3 heteroatoms. The molecule has 0 aliphatic carbocycles. The van der Waals surface area contributed by atoms with Crippen molar-refractivity contribution >= 4 is 15.9 Å². The summed E-state index contributed by atoms with van der Waals surface area (Å²) in [6.45, 7) is 0. The lowest BCUT2D eigenvalue weighted by molar-refractivity contribution is 0.533. The summed E-state index contributed by atoms with van der Waals surface area (Å²) < 4.78 is 14.4. The third kappa shape index (κ3) is 3.64. The van der Waals surface area contributed by atoms with E-state index >= 15 is 0 Å². The van der Waals surface area contributed by atoms with Crippen molar-refractivity contribution in [3.63, 3.8) is 0 Å². The van der Waals surface area contributed by atoms with Gasteiger partial charge in [-0.05, 0) is 53.0 Å². The number of aryl methyl sites for hydroxylation is 1. The maximum Gasteiger partial charge on any atom is 0.140 e. The van der Waals surface area contributed by atoms with Gasteiger partial charge in [0.25, 0.3) is 0 Å². The van der Waals surface area contributed by atoms with Crippen LogP contribution in [0.15, 0.2) is 53.0 Å². The molecule has 0 saturated carbocycles. The molecule has 0 bridgehead atoms. The summed E-state index contributed by atoms with van der Waals surface area (Å²) in [5.41, 5.74) is 1.99. The van der Waals surface area contributed by atoms with E-state index in [1.54, 1.807) is 6.07 Å². The molecule has 0 aliphatic rings. The minimum Gasteiger partial charge on any atom is -0.313 e. The van der Waals surface area contributed by atoms with Crippen molar-refractivity contribution in [2.45, 2.75) is 18.9 Å². The Kier molecular flexibility index (Phi) is 5.11. The predicted molar refractivity (Wildman–Crippen MR) is 80.7 cm³/mol. The molecule has 0 spiro atoms. The Hall–Kier alpha value is -1.19. The van der Waals surface area contributed by atoms with E-state index in [1.807, 2.05) is 37.4 Å². The van der Waals surface area contributed by atoms with Crippen molar-refractivity contribution in [1.29, 1.82) is 0 Å². The molecule has 0 aliphatic heterocycles. The smallest absolute Gasteiger partial charge is 0.140 e. The standard InChI is InChI=1S/C16H17BrFN/c1-19-15(12-6-3-2-4-7-12)11-10-13-8-5-9-14(17)16(13)18/h2-9,15,19H,10-11H2,1H3. The van der Waals surface area contributed by atoms with E-state index in [0.29, 0.717) is 10.9 Å². The lowest BCUT2D eigenvalue weighted by Gasteiger charge is -2.17. The molecule has 0 heterocycles. The molecule has 1 nitrogen and oxygen atoms in total. The molecule has 0 aromatic heterocycles. The molecule has 19 heavy (non-hydrogen) atoms. The third-order valence-electron chi connectivity index (χ3n) is 3.28. The highest BCUT2D eigenvalue weighted by atomic mass is 79.9. The minimum absolute atomic E-state index is 0.148. The van der Waals surface area contributed by atoms with Gasteiger partial charge in [0.1, 0.15) is 5.82 Å². The van der Waals surface area contributed by atoms with Gasteiger partial charge in [-0.1, -0.05) is 42.5 Å². The molecule has 2 aromatic carbocycles. The van der Waals surface area contributed by atoms with Crippen LogP contribution in [0.2, 0.25) is 0 Å². The van der Waals surface area contributed by atoms with Crippen LogP contribution in [0.25, 0.3) is 0 Å². The second kappa shape index (κ2) is 6.83. The number of rotatable bonds is 5. The Balaban J connectivity index is 2.06. The number of halogens is 2. The van der Waals surface area contributed by atoms with Crippen LogP contribution in [0.5, 0.6) is 0 Å². The molecule has 0 amide bonds. The van der Waals surface area contributed by atoms with Crippen LogP contribution >= 0.6 is 15.9 Å². The summed E-state index contributed by atoms with van der Waals surface area (Å²) in [6, 6.07) is 15.9. The van der Waals surface area contributed by atoms with Gasteiger partial charge >= 0.3 is 0 Å². The third-order valence-corrected chi connectivity index (χ3v) is 3.90. The zero-order valence-corrected chi connectivity index (χ0v) is 12.5. The molecule has 0 saturated heterocycles. The Bertz CT molecular complexity index is 528. The largest absolute Gasteiger partial charge is 0.313 e. The van der Waals surface area contributed by atoms with Gasteiger partial charge in [-0.25, -0.2) is 4.39 Å². The average molecular weight is 322 g/mol. The molecular weight excluding hydrogens is 305 g/mol. The molecule has 1 atom stereocenters. The fraction of sp³-hybridized carbons (Fsp3) is 0.250. The summed E-state index contributed by atoms with van der Waals surface area (Å²) in [5, 5.41) is 3.29. The first-order chi connectivity index (χ1) is 9.22. The van der Waals surface area contributed by atoms with Crippen molar-refractivity contribution in [3.05, 3.63) is 69.9 Å². The van der Waals surface area contributed by atoms with Crippen LogP contribution in [0.3, 0.4) is 0 Å². The van der Waals surface area contributed by atoms with Gasteiger partial charge in [-0.2, -0.15) is 0 Å². The van der Waals surface area contributed by atoms with E-state index in [4.69, 9.17) is 0 Å². The average Bonchev–Trinajstić information content (AvgIpc) is 2.45. The molecular formula is C16H17BrFN. The summed E-state index contributed by atoms with van der Waals surface area (Å²) in [4.78, 5) is 0. The minimum atomic E-state index is -0.148. The van der Waals surface area contributed by atoms with E-state index in [0.717, 1.165) is 12.0 Å². The summed E-state index contributed by atoms with van der Waals surface area (Å²) in [5.74, 6) is -0.148. The van der Waals surface area contributed by atoms with Crippen molar-refractivity contribution in [2.75, 3.05) is 7.05 Å². The Morgan fingerprint density at radius 3 is 2.53 bits per heavy atom. The highest BCUT2D eigenvalue weighted by Gasteiger charge is 2.11. The number of hydrogen-bond donors (Lipinski definition) is 1. The topological polar surface area (TPSA) is 12.0 Å². The van der Waals surface area contributed by atoms with E-state index in [2.05, 4.69) is 33.4 Å². The van der Waals surface area contributed by atoms with Gasteiger partial charge in [0.15, 0.2) is 0 Å². The Labute approximate surface area is 122 Å². The molecule has 2 rings (SSSR count). The Morgan fingerprint density at radius 1 is 1.11 bits per heavy atom. The van der Waals surface area contributed by atoms with Crippen LogP contribution in [-0.2, 0) is 6.42 Å². The van der Waals surface area contributed by atoms with Crippen LogP contribution in [0, 0.1) is 5.82 Å². The molecule has 100 valence electrons. The van der Waals surface area contributed by atoms with Gasteiger partial charge < -0.3 is 5.32 Å². The van der Waals surface area contributed by atoms with Gasteiger partial charge in [-0.3, -0.25) is 0 Å². The number of nitrogens with one attached hydrogen (secondary N) is 1. The van der Waals surface area contributed by atoms with Crippen molar-refractivity contribution in [1.82, 2.24) is 5.32 Å². The zero-order chi connectivity index (χ0) is 13.7. The Morgan fingerprint density at radius 2 is 1.84 bits per heavy atom. The summed E-state index contributed by atoms with van der Waals surface area (Å²) in [6.07, 6.45) is 1.58. The number of benzene rings is 2. The molecule has 0 fully saturated rings. The maximum absolute atomic E-state index is 13.9. The highest BCUT2D eigenvalue weighted by molar-refractivity contribution is 9.10. The second-order valence-corrected chi connectivity index (χ2v) is 5.36. The summed E-state index contributed by atoms with van der Waals surface area (Å²) >= 11 is 3.22. The van der Waals surface area contributed by atoms with E-state index < -0.39 is 0 Å². The zero-order valence-electron chi connectivity index (χ0n) is 10.9. The van der Waals surface area contributed by atoms with E-state index in [1.165, 1.54) is 5.56 Å². The quantitative estimate of drug-likeness (QED) is 0.856. The van der Waals surface area contributed by atoms with Crippen molar-refractivity contribution in [2.24, 2.45) is 0 Å². The van der Waals surface area contributed by atoms with Gasteiger partial charge in [0.2, 0.25) is 0 Å². The summed E-state index contributed by atoms with van der Waals surface area (Å²) in [7, 11) is 1.94. The lowest BCUT2D eigenvalue weighted by Crippen LogP contribution is -2.17. The van der Waals surface area contributed by atoms with Gasteiger partial charge in [-0.15, -0.1) is 0 Å². The molecule has 0 radical (unpaired) electrons. The van der Waals surface area contributed by atoms with Crippen LogP contribution < -0.4 is 5.32 Å².